The normalized spacial score (nSPS) is 13.7. The third kappa shape index (κ3) is 7.99. The average molecular weight is 434 g/mol. The van der Waals surface area contributed by atoms with Gasteiger partial charge in [-0.3, -0.25) is 9.63 Å². The van der Waals surface area contributed by atoms with Crippen LogP contribution in [0.25, 0.3) is 0 Å². The highest BCUT2D eigenvalue weighted by atomic mass is 31.2. The quantitative estimate of drug-likeness (QED) is 0.386. The number of rotatable bonds is 12. The van der Waals surface area contributed by atoms with Crippen LogP contribution in [0, 0.1) is 0 Å². The predicted octanol–water partition coefficient (Wildman–Crippen LogP) is 4.07. The van der Waals surface area contributed by atoms with E-state index in [9.17, 15) is 14.2 Å². The van der Waals surface area contributed by atoms with Crippen molar-refractivity contribution in [2.45, 2.75) is 32.9 Å². The van der Waals surface area contributed by atoms with Gasteiger partial charge in [0.2, 0.25) is 0 Å². The summed E-state index contributed by atoms with van der Waals surface area (Å²) < 4.78 is 24.1. The maximum Gasteiger partial charge on any atom is 0.381 e. The van der Waals surface area contributed by atoms with Crippen molar-refractivity contribution in [1.29, 1.82) is 0 Å². The van der Waals surface area contributed by atoms with Gasteiger partial charge < -0.3 is 14.4 Å². The van der Waals surface area contributed by atoms with Crippen LogP contribution in [0.15, 0.2) is 60.7 Å². The zero-order valence-corrected chi connectivity index (χ0v) is 18.0. The monoisotopic (exact) mass is 434 g/mol. The molecule has 2 amide bonds. The smallest absolute Gasteiger partial charge is 0.381 e. The van der Waals surface area contributed by atoms with Crippen LogP contribution in [0.1, 0.15) is 25.8 Å². The molecule has 0 saturated heterocycles. The summed E-state index contributed by atoms with van der Waals surface area (Å²) in [6.07, 6.45) is -0.151. The number of hydroxylamine groups is 1. The Kier molecular flexibility index (Phi) is 9.54. The summed E-state index contributed by atoms with van der Waals surface area (Å²) in [5.74, 6) is 0.0532. The molecule has 0 aliphatic rings. The van der Waals surface area contributed by atoms with E-state index in [1.165, 1.54) is 0 Å². The number of ketones is 1. The molecule has 9 heteroatoms. The van der Waals surface area contributed by atoms with E-state index in [0.29, 0.717) is 5.75 Å². The second-order valence-electron chi connectivity index (χ2n) is 6.34. The van der Waals surface area contributed by atoms with E-state index >= 15 is 0 Å². The lowest BCUT2D eigenvalue weighted by Crippen LogP contribution is -2.48. The summed E-state index contributed by atoms with van der Waals surface area (Å²) in [5.41, 5.74) is 3.11. The van der Waals surface area contributed by atoms with Gasteiger partial charge in [-0.2, -0.15) is 0 Å². The van der Waals surface area contributed by atoms with Crippen molar-refractivity contribution in [3.63, 3.8) is 0 Å². The SMILES string of the molecule is CCOP(=O)(C[C@@H](NC(=O)NOCc1ccccc1)C(=O)CC)Oc1ccccc1. The number of hydrogen-bond acceptors (Lipinski definition) is 6. The van der Waals surface area contributed by atoms with Crippen molar-refractivity contribution >= 4 is 19.4 Å². The first kappa shape index (κ1) is 23.6. The second kappa shape index (κ2) is 12.1. The number of amides is 2. The Hall–Kier alpha value is -2.67. The summed E-state index contributed by atoms with van der Waals surface area (Å²) in [6, 6.07) is 16.0. The van der Waals surface area contributed by atoms with Crippen LogP contribution < -0.4 is 15.3 Å². The molecule has 8 nitrogen and oxygen atoms in total. The molecule has 0 bridgehead atoms. The third-order valence-corrected chi connectivity index (χ3v) is 5.96. The molecule has 0 saturated carbocycles. The molecule has 30 heavy (non-hydrogen) atoms. The van der Waals surface area contributed by atoms with Gasteiger partial charge in [-0.25, -0.2) is 14.8 Å². The molecule has 2 aromatic carbocycles. The Morgan fingerprint density at radius 3 is 2.23 bits per heavy atom. The van der Waals surface area contributed by atoms with Crippen LogP contribution in [0.3, 0.4) is 0 Å². The Morgan fingerprint density at radius 2 is 1.63 bits per heavy atom. The molecule has 0 fully saturated rings. The van der Waals surface area contributed by atoms with Crippen LogP contribution in [0.2, 0.25) is 0 Å². The molecule has 2 N–H and O–H groups in total. The van der Waals surface area contributed by atoms with Crippen LogP contribution in [0.4, 0.5) is 4.79 Å². The van der Waals surface area contributed by atoms with E-state index in [0.717, 1.165) is 5.56 Å². The molecule has 0 aromatic heterocycles. The number of carbonyl (C=O) groups excluding carboxylic acids is 2. The number of Topliss-reactive ketones (excluding diaryl/α,β-unsaturated/α-hetero) is 1. The number of carbonyl (C=O) groups is 2. The predicted molar refractivity (Wildman–Crippen MR) is 113 cm³/mol. The zero-order chi connectivity index (χ0) is 21.8. The molecule has 0 aliphatic heterocycles. The highest BCUT2D eigenvalue weighted by Gasteiger charge is 2.34. The van der Waals surface area contributed by atoms with Crippen molar-refractivity contribution < 1.29 is 28.0 Å². The van der Waals surface area contributed by atoms with E-state index in [1.807, 2.05) is 30.3 Å². The molecule has 1 unspecified atom stereocenters. The fourth-order valence-corrected chi connectivity index (χ4v) is 4.41. The lowest BCUT2D eigenvalue weighted by molar-refractivity contribution is -0.120. The van der Waals surface area contributed by atoms with Crippen molar-refractivity contribution in [3.05, 3.63) is 66.2 Å². The van der Waals surface area contributed by atoms with Gasteiger partial charge in [-0.1, -0.05) is 55.5 Å². The molecule has 0 aliphatic carbocycles. The molecule has 2 aromatic rings. The topological polar surface area (TPSA) is 103 Å². The summed E-state index contributed by atoms with van der Waals surface area (Å²) in [7, 11) is -3.70. The minimum atomic E-state index is -3.70. The molecule has 2 atom stereocenters. The Bertz CT molecular complexity index is 847. The Balaban J connectivity index is 1.99. The number of urea groups is 1. The van der Waals surface area contributed by atoms with E-state index in [4.69, 9.17) is 13.9 Å². The summed E-state index contributed by atoms with van der Waals surface area (Å²) >= 11 is 0. The second-order valence-corrected chi connectivity index (χ2v) is 8.37. The zero-order valence-electron chi connectivity index (χ0n) is 17.1. The minimum Gasteiger partial charge on any atom is -0.424 e. The number of benzene rings is 2. The molecule has 162 valence electrons. The third-order valence-electron chi connectivity index (χ3n) is 4.01. The standard InChI is InChI=1S/C21H27N2O6P/c1-3-20(24)19(22-21(25)23-27-15-17-11-7-5-8-12-17)16-30(26,28-4-2)29-18-13-9-6-10-14-18/h5-14,19H,3-4,15-16H2,1-2H3,(H2,22,23,25)/t19-,30?/m1/s1. The molecule has 0 spiro atoms. The molecule has 0 radical (unpaired) electrons. The van der Waals surface area contributed by atoms with Crippen molar-refractivity contribution in [1.82, 2.24) is 10.8 Å². The van der Waals surface area contributed by atoms with Gasteiger partial charge in [0.1, 0.15) is 11.8 Å². The first-order valence-corrected chi connectivity index (χ1v) is 11.4. The minimum absolute atomic E-state index is 0.129. The Morgan fingerprint density at radius 1 is 1.00 bits per heavy atom. The maximum absolute atomic E-state index is 13.2. The van der Waals surface area contributed by atoms with Crippen LogP contribution in [-0.4, -0.2) is 30.6 Å². The summed E-state index contributed by atoms with van der Waals surface area (Å²) in [5, 5.41) is 2.50. The van der Waals surface area contributed by atoms with E-state index < -0.39 is 19.7 Å². The summed E-state index contributed by atoms with van der Waals surface area (Å²) in [4.78, 5) is 29.7. The fraction of sp³-hybridized carbons (Fsp3) is 0.333. The molecule has 2 rings (SSSR count). The van der Waals surface area contributed by atoms with Gasteiger partial charge in [-0.15, -0.1) is 0 Å². The van der Waals surface area contributed by atoms with Gasteiger partial charge >= 0.3 is 13.6 Å². The largest absolute Gasteiger partial charge is 0.424 e. The number of hydrogen-bond donors (Lipinski definition) is 2. The molecule has 0 heterocycles. The first-order chi connectivity index (χ1) is 14.5. The Labute approximate surface area is 176 Å². The number of para-hydroxylation sites is 1. The van der Waals surface area contributed by atoms with Crippen LogP contribution in [-0.2, 0) is 25.3 Å². The van der Waals surface area contributed by atoms with Crippen molar-refractivity contribution in [2.75, 3.05) is 12.8 Å². The van der Waals surface area contributed by atoms with E-state index in [1.54, 1.807) is 44.2 Å². The maximum atomic E-state index is 13.2. The molecular formula is C21H27N2O6P. The van der Waals surface area contributed by atoms with Gasteiger partial charge in [-0.05, 0) is 24.6 Å². The van der Waals surface area contributed by atoms with Gasteiger partial charge in [0.15, 0.2) is 5.78 Å². The number of nitrogens with one attached hydrogen (secondary N) is 2. The van der Waals surface area contributed by atoms with Gasteiger partial charge in [0.25, 0.3) is 0 Å². The highest BCUT2D eigenvalue weighted by Crippen LogP contribution is 2.48. The summed E-state index contributed by atoms with van der Waals surface area (Å²) in [6.45, 7) is 3.62. The lowest BCUT2D eigenvalue weighted by Gasteiger charge is -2.24. The van der Waals surface area contributed by atoms with Crippen LogP contribution >= 0.6 is 7.60 Å². The van der Waals surface area contributed by atoms with Crippen LogP contribution in [0.5, 0.6) is 5.75 Å². The fourth-order valence-electron chi connectivity index (χ4n) is 2.60. The van der Waals surface area contributed by atoms with Gasteiger partial charge in [0, 0.05) is 6.42 Å². The van der Waals surface area contributed by atoms with E-state index in [2.05, 4.69) is 10.8 Å². The highest BCUT2D eigenvalue weighted by molar-refractivity contribution is 7.54. The van der Waals surface area contributed by atoms with Crippen molar-refractivity contribution in [2.24, 2.45) is 0 Å². The first-order valence-electron chi connectivity index (χ1n) is 9.69. The van der Waals surface area contributed by atoms with E-state index in [-0.39, 0.29) is 31.6 Å². The van der Waals surface area contributed by atoms with Gasteiger partial charge in [0.05, 0.1) is 19.4 Å². The molecular weight excluding hydrogens is 407 g/mol. The lowest BCUT2D eigenvalue weighted by atomic mass is 10.2. The average Bonchev–Trinajstić information content (AvgIpc) is 2.74. The van der Waals surface area contributed by atoms with Crippen molar-refractivity contribution in [3.8, 4) is 5.75 Å².